The Morgan fingerprint density at radius 2 is 0.953 bits per heavy atom. The van der Waals surface area contributed by atoms with Gasteiger partial charge in [0.2, 0.25) is 11.6 Å². The molecule has 8 aromatic rings. The molecule has 0 atom stereocenters. The van der Waals surface area contributed by atoms with E-state index in [2.05, 4.69) is 20.0 Å². The van der Waals surface area contributed by atoms with Crippen molar-refractivity contribution < 1.29 is 37.5 Å². The van der Waals surface area contributed by atoms with Crippen LogP contribution in [0.15, 0.2) is 118 Å². The van der Waals surface area contributed by atoms with Crippen molar-refractivity contribution in [2.75, 3.05) is 39.4 Å². The number of hydrogen-bond acceptors (Lipinski definition) is 12. The van der Waals surface area contributed by atoms with E-state index in [-0.39, 0.29) is 47.2 Å². The van der Waals surface area contributed by atoms with Crippen LogP contribution < -0.4 is 0 Å². The first-order valence-corrected chi connectivity index (χ1v) is 21.4. The third-order valence-corrected chi connectivity index (χ3v) is 11.4. The van der Waals surface area contributed by atoms with E-state index < -0.39 is 23.5 Å². The summed E-state index contributed by atoms with van der Waals surface area (Å²) in [6, 6.07) is 28.9. The molecule has 5 heterocycles. The third-order valence-electron chi connectivity index (χ3n) is 10.9. The van der Waals surface area contributed by atoms with E-state index in [1.165, 1.54) is 21.8 Å². The van der Waals surface area contributed by atoms with Crippen LogP contribution in [-0.2, 0) is 22.6 Å². The number of ketones is 2. The van der Waals surface area contributed by atoms with Gasteiger partial charge in [0.15, 0.2) is 22.9 Å². The molecule has 1 saturated heterocycles. The van der Waals surface area contributed by atoms with Crippen molar-refractivity contribution in [1.82, 2.24) is 29.4 Å². The number of ether oxygens (including phenoxy) is 2. The Morgan fingerprint density at radius 1 is 0.562 bits per heavy atom. The lowest BCUT2D eigenvalue weighted by atomic mass is 10.1. The number of piperazine rings is 1. The number of hydrogen-bond donors (Lipinski definition) is 0. The number of benzene rings is 4. The Labute approximate surface area is 376 Å². The van der Waals surface area contributed by atoms with Gasteiger partial charge in [-0.15, -0.1) is 0 Å². The molecule has 0 aliphatic carbocycles. The maximum absolute atomic E-state index is 13.8. The van der Waals surface area contributed by atoms with E-state index in [0.29, 0.717) is 45.7 Å². The number of rotatable bonds is 14. The number of fused-ring (bicyclic) bond motifs is 2. The van der Waals surface area contributed by atoms with Gasteiger partial charge in [-0.25, -0.2) is 19.0 Å². The molecule has 0 radical (unpaired) electrons. The van der Waals surface area contributed by atoms with Crippen LogP contribution >= 0.6 is 23.2 Å². The Bertz CT molecular complexity index is 2840. The minimum absolute atomic E-state index is 0.0662. The van der Waals surface area contributed by atoms with Crippen LogP contribution in [0.25, 0.3) is 33.3 Å². The van der Waals surface area contributed by atoms with Crippen molar-refractivity contribution in [2.24, 2.45) is 0 Å². The molecule has 64 heavy (non-hydrogen) atoms. The van der Waals surface area contributed by atoms with Crippen molar-refractivity contribution in [3.05, 3.63) is 165 Å². The smallest absolute Gasteiger partial charge is 0.359 e. The first-order valence-electron chi connectivity index (χ1n) is 20.7. The number of nitrogens with zero attached hydrogens (tertiary/aromatic N) is 6. The highest BCUT2D eigenvalue weighted by atomic mass is 35.5. The lowest BCUT2D eigenvalue weighted by Crippen LogP contribution is -2.45. The van der Waals surface area contributed by atoms with Crippen molar-refractivity contribution in [3.8, 4) is 11.4 Å². The van der Waals surface area contributed by atoms with Gasteiger partial charge in [0.1, 0.15) is 11.2 Å². The lowest BCUT2D eigenvalue weighted by molar-refractivity contribution is 0.0507. The first kappa shape index (κ1) is 42.5. The van der Waals surface area contributed by atoms with E-state index in [9.17, 15) is 19.2 Å². The van der Waals surface area contributed by atoms with Crippen LogP contribution in [0.2, 0.25) is 10.0 Å². The summed E-state index contributed by atoms with van der Waals surface area (Å²) < 4.78 is 25.3. The third kappa shape index (κ3) is 8.86. The predicted octanol–water partition coefficient (Wildman–Crippen LogP) is 8.99. The van der Waals surface area contributed by atoms with Gasteiger partial charge in [-0.2, -0.15) is 10.2 Å². The number of furan rings is 2. The molecule has 16 heteroatoms. The molecular weight excluding hydrogens is 859 g/mol. The van der Waals surface area contributed by atoms with Crippen LogP contribution in [0.4, 0.5) is 0 Å². The largest absolute Gasteiger partial charge is 0.461 e. The SMILES string of the molecule is CCOC(=O)c1nn(-c2ccc(Cl)cc2)cc1C(=O)c1cc2cc(CN3CCN(Cc4ccc5oc(C(=O)c6cn(-c7ccc(Cl)cc7)nc6C(=O)OCC)cc5c4)CC3)ccc2o1. The number of carbonyl (C=O) groups is 4. The average Bonchev–Trinajstić information content (AvgIpc) is 4.12. The van der Waals surface area contributed by atoms with E-state index in [1.54, 1.807) is 74.5 Å². The van der Waals surface area contributed by atoms with Crippen molar-refractivity contribution >= 4 is 68.6 Å². The molecule has 9 rings (SSSR count). The molecule has 0 spiro atoms. The second kappa shape index (κ2) is 18.1. The van der Waals surface area contributed by atoms with Gasteiger partial charge in [0.05, 0.1) is 35.7 Å². The molecule has 4 aromatic carbocycles. The van der Waals surface area contributed by atoms with Gasteiger partial charge in [-0.3, -0.25) is 19.4 Å². The van der Waals surface area contributed by atoms with E-state index in [4.69, 9.17) is 41.5 Å². The van der Waals surface area contributed by atoms with Gasteiger partial charge >= 0.3 is 11.9 Å². The van der Waals surface area contributed by atoms with Crippen molar-refractivity contribution in [2.45, 2.75) is 26.9 Å². The molecule has 4 aromatic heterocycles. The molecule has 14 nitrogen and oxygen atoms in total. The Kier molecular flexibility index (Phi) is 12.0. The highest BCUT2D eigenvalue weighted by molar-refractivity contribution is 6.31. The minimum atomic E-state index is -0.705. The fourth-order valence-corrected chi connectivity index (χ4v) is 7.98. The normalized spacial score (nSPS) is 13.4. The summed E-state index contributed by atoms with van der Waals surface area (Å²) in [4.78, 5) is 58.2. The molecule has 1 aliphatic heterocycles. The summed E-state index contributed by atoms with van der Waals surface area (Å²) in [6.45, 7) is 8.45. The van der Waals surface area contributed by atoms with Crippen LogP contribution in [0.5, 0.6) is 0 Å². The molecule has 324 valence electrons. The van der Waals surface area contributed by atoms with Crippen LogP contribution in [0.1, 0.15) is 78.2 Å². The molecule has 0 saturated carbocycles. The van der Waals surface area contributed by atoms with Gasteiger partial charge in [-0.05, 0) is 110 Å². The molecule has 0 unspecified atom stereocenters. The molecule has 0 bridgehead atoms. The number of aromatic nitrogens is 4. The van der Waals surface area contributed by atoms with Gasteiger partial charge in [0, 0.05) is 72.5 Å². The molecule has 0 amide bonds. The summed E-state index contributed by atoms with van der Waals surface area (Å²) >= 11 is 12.1. The van der Waals surface area contributed by atoms with Crippen molar-refractivity contribution in [1.29, 1.82) is 0 Å². The van der Waals surface area contributed by atoms with Crippen LogP contribution in [0, 0.1) is 0 Å². The second-order valence-electron chi connectivity index (χ2n) is 15.2. The monoisotopic (exact) mass is 898 g/mol. The Morgan fingerprint density at radius 3 is 1.33 bits per heavy atom. The highest BCUT2D eigenvalue weighted by Crippen LogP contribution is 2.28. The van der Waals surface area contributed by atoms with Crippen molar-refractivity contribution in [3.63, 3.8) is 0 Å². The first-order chi connectivity index (χ1) is 31.0. The maximum atomic E-state index is 13.8. The van der Waals surface area contributed by atoms with E-state index in [1.807, 2.05) is 36.4 Å². The summed E-state index contributed by atoms with van der Waals surface area (Å²) in [5.74, 6) is -2.21. The van der Waals surface area contributed by atoms with E-state index in [0.717, 1.165) is 48.1 Å². The molecular formula is C48H40Cl2N6O8. The fraction of sp³-hybridized carbons (Fsp3) is 0.208. The zero-order valence-electron chi connectivity index (χ0n) is 34.8. The van der Waals surface area contributed by atoms with Crippen LogP contribution in [0.3, 0.4) is 0 Å². The number of esters is 2. The molecule has 0 N–H and O–H groups in total. The van der Waals surface area contributed by atoms with Crippen LogP contribution in [-0.4, -0.2) is 92.3 Å². The average molecular weight is 900 g/mol. The fourth-order valence-electron chi connectivity index (χ4n) is 7.73. The van der Waals surface area contributed by atoms with Gasteiger partial charge in [0.25, 0.3) is 0 Å². The van der Waals surface area contributed by atoms with Gasteiger partial charge in [-0.1, -0.05) is 35.3 Å². The zero-order valence-corrected chi connectivity index (χ0v) is 36.3. The predicted molar refractivity (Wildman–Crippen MR) is 239 cm³/mol. The topological polar surface area (TPSA) is 155 Å². The molecule has 1 fully saturated rings. The Hall–Kier alpha value is -6.84. The standard InChI is InChI=1S/C48H40Cl2N6O8/c1-3-61-47(59)43-37(27-55(51-43)35-11-7-33(49)8-12-35)45(57)41-23-31-21-29(5-15-39(31)63-41)25-53-17-19-54(20-18-53)26-30-6-16-40-32(22-30)24-42(64-40)46(58)38-28-56(36-13-9-34(50)10-14-36)52-44(38)48(60)62-4-2/h5-16,21-24,27-28H,3-4,17-20,25-26H2,1-2H3. The quantitative estimate of drug-likeness (QED) is 0.0756. The molecule has 1 aliphatic rings. The van der Waals surface area contributed by atoms with E-state index >= 15 is 0 Å². The zero-order chi connectivity index (χ0) is 44.5. The summed E-state index contributed by atoms with van der Waals surface area (Å²) in [5.41, 5.74) is 4.42. The number of carbonyl (C=O) groups excluding carboxylic acids is 4. The lowest BCUT2D eigenvalue weighted by Gasteiger charge is -2.34. The van der Waals surface area contributed by atoms with Gasteiger partial charge < -0.3 is 18.3 Å². The summed E-state index contributed by atoms with van der Waals surface area (Å²) in [7, 11) is 0. The number of halogens is 2. The maximum Gasteiger partial charge on any atom is 0.359 e. The minimum Gasteiger partial charge on any atom is -0.461 e. The summed E-state index contributed by atoms with van der Waals surface area (Å²) in [5, 5.41) is 11.4. The summed E-state index contributed by atoms with van der Waals surface area (Å²) in [6.07, 6.45) is 3.00. The Balaban J connectivity index is 0.839. The second-order valence-corrected chi connectivity index (χ2v) is 16.1. The highest BCUT2D eigenvalue weighted by Gasteiger charge is 2.29.